The minimum absolute atomic E-state index is 0.221. The molecule has 2 aromatic heterocycles. The number of rotatable bonds is 3. The highest BCUT2D eigenvalue weighted by Gasteiger charge is 2.17. The summed E-state index contributed by atoms with van der Waals surface area (Å²) in [6, 6.07) is 5.04. The fraction of sp³-hybridized carbons (Fsp3) is 0.214. The number of nitrogens with one attached hydrogen (secondary N) is 1. The van der Waals surface area contributed by atoms with Gasteiger partial charge in [-0.05, 0) is 19.1 Å². The van der Waals surface area contributed by atoms with E-state index in [9.17, 15) is 9.59 Å². The molecule has 0 saturated heterocycles. The van der Waals surface area contributed by atoms with Gasteiger partial charge in [0.2, 0.25) is 0 Å². The van der Waals surface area contributed by atoms with E-state index in [2.05, 4.69) is 10.1 Å². The third-order valence-corrected chi connectivity index (χ3v) is 3.17. The molecule has 0 atom stereocenters. The molecule has 1 aromatic carbocycles. The summed E-state index contributed by atoms with van der Waals surface area (Å²) in [4.78, 5) is 26.7. The number of aromatic nitrogens is 3. The van der Waals surface area contributed by atoms with Crippen LogP contribution in [0.15, 0.2) is 29.2 Å². The average molecular weight is 287 g/mol. The Balaban J connectivity index is 2.34. The molecule has 21 heavy (non-hydrogen) atoms. The van der Waals surface area contributed by atoms with Crippen molar-refractivity contribution in [3.8, 4) is 5.75 Å². The number of hydrogen-bond acceptors (Lipinski definition) is 5. The molecular formula is C14H13N3O4. The van der Waals surface area contributed by atoms with Crippen LogP contribution in [0.2, 0.25) is 0 Å². The molecule has 2 heterocycles. The van der Waals surface area contributed by atoms with E-state index in [4.69, 9.17) is 9.47 Å². The summed E-state index contributed by atoms with van der Waals surface area (Å²) in [5, 5.41) is 4.62. The Bertz CT molecular complexity index is 894. The van der Waals surface area contributed by atoms with Crippen molar-refractivity contribution in [1.29, 1.82) is 0 Å². The zero-order valence-corrected chi connectivity index (χ0v) is 11.5. The summed E-state index contributed by atoms with van der Waals surface area (Å²) in [6.45, 7) is 1.97. The molecule has 1 N–H and O–H groups in total. The smallest absolute Gasteiger partial charge is 0.343 e. The summed E-state index contributed by atoms with van der Waals surface area (Å²) in [5.41, 5.74) is 0.785. The fourth-order valence-corrected chi connectivity index (χ4v) is 2.19. The molecular weight excluding hydrogens is 274 g/mol. The zero-order chi connectivity index (χ0) is 15.0. The van der Waals surface area contributed by atoms with E-state index in [0.29, 0.717) is 22.3 Å². The van der Waals surface area contributed by atoms with Gasteiger partial charge >= 0.3 is 5.97 Å². The molecule has 7 nitrogen and oxygen atoms in total. The van der Waals surface area contributed by atoms with Crippen molar-refractivity contribution in [3.05, 3.63) is 40.3 Å². The maximum absolute atomic E-state index is 12.1. The van der Waals surface area contributed by atoms with Gasteiger partial charge < -0.3 is 14.5 Å². The molecule has 3 rings (SSSR count). The molecule has 0 spiro atoms. The Labute approximate surface area is 119 Å². The van der Waals surface area contributed by atoms with Gasteiger partial charge in [-0.25, -0.2) is 9.31 Å². The predicted molar refractivity (Wildman–Crippen MR) is 75.8 cm³/mol. The first kappa shape index (κ1) is 13.2. The maximum Gasteiger partial charge on any atom is 0.343 e. The number of H-pyrrole nitrogens is 1. The number of aromatic amines is 1. The van der Waals surface area contributed by atoms with Gasteiger partial charge in [0, 0.05) is 6.07 Å². The van der Waals surface area contributed by atoms with Gasteiger partial charge in [-0.2, -0.15) is 5.10 Å². The Kier molecular flexibility index (Phi) is 3.09. The molecule has 7 heteroatoms. The number of benzene rings is 1. The number of fused-ring (bicyclic) bond motifs is 3. The quantitative estimate of drug-likeness (QED) is 0.735. The van der Waals surface area contributed by atoms with Crippen LogP contribution in [0, 0.1) is 0 Å². The topological polar surface area (TPSA) is 85.7 Å². The lowest BCUT2D eigenvalue weighted by Gasteiger charge is -2.05. The molecule has 108 valence electrons. The maximum atomic E-state index is 12.1. The van der Waals surface area contributed by atoms with Gasteiger partial charge in [-0.1, -0.05) is 0 Å². The zero-order valence-electron chi connectivity index (χ0n) is 11.5. The summed E-state index contributed by atoms with van der Waals surface area (Å²) in [5.74, 6) is 0.0768. The number of carbonyl (C=O) groups excluding carboxylic acids is 1. The predicted octanol–water partition coefficient (Wildman–Crippen LogP) is 1.36. The summed E-state index contributed by atoms with van der Waals surface area (Å²) in [7, 11) is 1.54. The van der Waals surface area contributed by atoms with Crippen LogP contribution in [0.5, 0.6) is 5.75 Å². The van der Waals surface area contributed by atoms with E-state index in [-0.39, 0.29) is 17.7 Å². The van der Waals surface area contributed by atoms with Gasteiger partial charge in [0.05, 0.1) is 30.8 Å². The highest BCUT2D eigenvalue weighted by Crippen LogP contribution is 2.20. The molecule has 0 radical (unpaired) electrons. The van der Waals surface area contributed by atoms with Crippen molar-refractivity contribution < 1.29 is 14.3 Å². The second kappa shape index (κ2) is 4.93. The lowest BCUT2D eigenvalue weighted by Crippen LogP contribution is -2.12. The van der Waals surface area contributed by atoms with Gasteiger partial charge in [-0.15, -0.1) is 0 Å². The Hall–Kier alpha value is -2.83. The standard InChI is InChI=1S/C14H13N3O4/c1-3-21-14(19)10-7-15-17-11-6-8(20-2)4-5-9(11)13(18)16-12(10)17/h4-7H,3H2,1-2H3,(H,16,18). The van der Waals surface area contributed by atoms with Gasteiger partial charge in [0.15, 0.2) is 5.65 Å². The monoisotopic (exact) mass is 287 g/mol. The number of methoxy groups -OCH3 is 1. The molecule has 0 aliphatic rings. The third-order valence-electron chi connectivity index (χ3n) is 3.17. The van der Waals surface area contributed by atoms with Crippen molar-refractivity contribution in [2.24, 2.45) is 0 Å². The van der Waals surface area contributed by atoms with Crippen LogP contribution in [0.25, 0.3) is 16.6 Å². The highest BCUT2D eigenvalue weighted by atomic mass is 16.5. The lowest BCUT2D eigenvalue weighted by atomic mass is 10.2. The van der Waals surface area contributed by atoms with E-state index >= 15 is 0 Å². The van der Waals surface area contributed by atoms with Crippen LogP contribution < -0.4 is 10.3 Å². The first-order chi connectivity index (χ1) is 10.2. The molecule has 0 saturated carbocycles. The molecule has 0 unspecified atom stereocenters. The summed E-state index contributed by atoms with van der Waals surface area (Å²) < 4.78 is 11.6. The Morgan fingerprint density at radius 3 is 2.95 bits per heavy atom. The fourth-order valence-electron chi connectivity index (χ4n) is 2.19. The SMILES string of the molecule is CCOC(=O)c1cnn2c1[nH]c(=O)c1ccc(OC)cc12. The molecule has 0 fully saturated rings. The number of ether oxygens (including phenoxy) is 2. The van der Waals surface area contributed by atoms with Crippen molar-refractivity contribution in [3.63, 3.8) is 0 Å². The third kappa shape index (κ3) is 2.03. The van der Waals surface area contributed by atoms with Crippen LogP contribution in [0.1, 0.15) is 17.3 Å². The highest BCUT2D eigenvalue weighted by molar-refractivity contribution is 5.97. The van der Waals surface area contributed by atoms with Gasteiger partial charge in [-0.3, -0.25) is 4.79 Å². The number of nitrogens with zero attached hydrogens (tertiary/aromatic N) is 2. The van der Waals surface area contributed by atoms with Crippen molar-refractivity contribution >= 4 is 22.5 Å². The first-order valence-electron chi connectivity index (χ1n) is 6.40. The van der Waals surface area contributed by atoms with Crippen LogP contribution in [-0.2, 0) is 4.74 Å². The molecule has 0 amide bonds. The van der Waals surface area contributed by atoms with Crippen LogP contribution in [0.4, 0.5) is 0 Å². The number of esters is 1. The second-order valence-corrected chi connectivity index (χ2v) is 4.38. The van der Waals surface area contributed by atoms with Crippen molar-refractivity contribution in [2.75, 3.05) is 13.7 Å². The number of carbonyl (C=O) groups is 1. The van der Waals surface area contributed by atoms with E-state index in [0.717, 1.165) is 0 Å². The Morgan fingerprint density at radius 2 is 2.24 bits per heavy atom. The molecule has 3 aromatic rings. The molecule has 0 aliphatic heterocycles. The minimum atomic E-state index is -0.523. The van der Waals surface area contributed by atoms with Crippen LogP contribution in [-0.4, -0.2) is 34.3 Å². The largest absolute Gasteiger partial charge is 0.497 e. The van der Waals surface area contributed by atoms with E-state index in [1.807, 2.05) is 0 Å². The molecule has 0 bridgehead atoms. The summed E-state index contributed by atoms with van der Waals surface area (Å²) >= 11 is 0. The van der Waals surface area contributed by atoms with Crippen molar-refractivity contribution in [2.45, 2.75) is 6.92 Å². The minimum Gasteiger partial charge on any atom is -0.497 e. The van der Waals surface area contributed by atoms with Gasteiger partial charge in [0.25, 0.3) is 5.56 Å². The normalized spacial score (nSPS) is 11.0. The van der Waals surface area contributed by atoms with Crippen LogP contribution in [0.3, 0.4) is 0 Å². The van der Waals surface area contributed by atoms with Crippen LogP contribution >= 0.6 is 0 Å². The van der Waals surface area contributed by atoms with E-state index in [1.54, 1.807) is 32.2 Å². The second-order valence-electron chi connectivity index (χ2n) is 4.38. The summed E-state index contributed by atoms with van der Waals surface area (Å²) in [6.07, 6.45) is 1.38. The lowest BCUT2D eigenvalue weighted by molar-refractivity contribution is 0.0528. The van der Waals surface area contributed by atoms with Gasteiger partial charge in [0.1, 0.15) is 11.3 Å². The molecule has 0 aliphatic carbocycles. The van der Waals surface area contributed by atoms with E-state index in [1.165, 1.54) is 10.7 Å². The first-order valence-corrected chi connectivity index (χ1v) is 6.40. The van der Waals surface area contributed by atoms with E-state index < -0.39 is 5.97 Å². The average Bonchev–Trinajstić information content (AvgIpc) is 2.91. The number of hydrogen-bond donors (Lipinski definition) is 1. The van der Waals surface area contributed by atoms with Crippen molar-refractivity contribution in [1.82, 2.24) is 14.6 Å². The Morgan fingerprint density at radius 1 is 1.43 bits per heavy atom.